The van der Waals surface area contributed by atoms with Crippen LogP contribution in [0, 0.1) is 5.92 Å². The van der Waals surface area contributed by atoms with E-state index in [1.54, 1.807) is 7.11 Å². The van der Waals surface area contributed by atoms with Gasteiger partial charge in [-0.15, -0.1) is 0 Å². The first-order valence-corrected chi connectivity index (χ1v) is 6.61. The molecule has 3 aliphatic heterocycles. The number of aliphatic hydroxyl groups excluding tert-OH is 1. The molecule has 106 valence electrons. The van der Waals surface area contributed by atoms with Crippen molar-refractivity contribution in [2.75, 3.05) is 13.7 Å². The minimum Gasteiger partial charge on any atom is -0.497 e. The summed E-state index contributed by atoms with van der Waals surface area (Å²) in [5.41, 5.74) is 1.74. The van der Waals surface area contributed by atoms with E-state index < -0.39 is 18.5 Å². The summed E-state index contributed by atoms with van der Waals surface area (Å²) >= 11 is 0. The molecule has 3 aliphatic rings. The first-order chi connectivity index (χ1) is 9.78. The lowest BCUT2D eigenvalue weighted by Gasteiger charge is -2.32. The number of rotatable bonds is 2. The first kappa shape index (κ1) is 12.1. The minimum atomic E-state index is -0.807. The highest BCUT2D eigenvalue weighted by molar-refractivity contribution is 6.03. The van der Waals surface area contributed by atoms with Gasteiger partial charge in [-0.05, 0) is 24.3 Å². The molecule has 0 spiro atoms. The van der Waals surface area contributed by atoms with E-state index in [1.807, 2.05) is 24.3 Å². The van der Waals surface area contributed by atoms with E-state index in [9.17, 15) is 5.11 Å². The third kappa shape index (κ3) is 1.65. The van der Waals surface area contributed by atoms with E-state index in [2.05, 4.69) is 5.16 Å². The lowest BCUT2D eigenvalue weighted by molar-refractivity contribution is -0.207. The minimum absolute atomic E-state index is 0.0999. The maximum absolute atomic E-state index is 10.1. The third-order valence-corrected chi connectivity index (χ3v) is 4.08. The number of fused-ring (bicyclic) bond motifs is 4. The molecule has 5 atom stereocenters. The molecule has 1 aromatic rings. The molecule has 3 unspecified atom stereocenters. The van der Waals surface area contributed by atoms with Crippen molar-refractivity contribution in [2.45, 2.75) is 24.6 Å². The lowest BCUT2D eigenvalue weighted by Crippen LogP contribution is -2.51. The molecule has 0 saturated carbocycles. The molecule has 20 heavy (non-hydrogen) atoms. The Hall–Kier alpha value is -1.63. The van der Waals surface area contributed by atoms with Crippen molar-refractivity contribution in [1.29, 1.82) is 0 Å². The van der Waals surface area contributed by atoms with Crippen LogP contribution in [0.5, 0.6) is 5.75 Å². The predicted octanol–water partition coefficient (Wildman–Crippen LogP) is 0.530. The fourth-order valence-electron chi connectivity index (χ4n) is 3.03. The normalized spacial score (nSPS) is 38.1. The maximum atomic E-state index is 10.1. The summed E-state index contributed by atoms with van der Waals surface area (Å²) in [6.45, 7) is 0.460. The van der Waals surface area contributed by atoms with Crippen molar-refractivity contribution in [3.8, 4) is 5.75 Å². The number of oxime groups is 1. The van der Waals surface area contributed by atoms with E-state index in [1.165, 1.54) is 0 Å². The van der Waals surface area contributed by atoms with Crippen LogP contribution in [0.15, 0.2) is 29.4 Å². The van der Waals surface area contributed by atoms with Crippen LogP contribution in [-0.2, 0) is 14.3 Å². The van der Waals surface area contributed by atoms with Gasteiger partial charge in [-0.3, -0.25) is 0 Å². The number of benzene rings is 1. The summed E-state index contributed by atoms with van der Waals surface area (Å²) in [4.78, 5) is 5.42. The van der Waals surface area contributed by atoms with Crippen molar-refractivity contribution in [3.05, 3.63) is 29.8 Å². The standard InChI is InChI=1S/C14H15NO5/c1-17-8-4-2-7(3-5-8)11-10-9-6-18-14(19-9)12(16)13(10)20-15-11/h2-5,9-10,12-14,16H,6H2,1H3/t9?,10-,12?,13?,14-/m1/s1. The van der Waals surface area contributed by atoms with Crippen molar-refractivity contribution in [1.82, 2.24) is 0 Å². The first-order valence-electron chi connectivity index (χ1n) is 6.61. The average Bonchev–Trinajstić information content (AvgIpc) is 3.11. The SMILES string of the molecule is COc1ccc(C2=NOC3C(O)[C@@H]4OCC(O4)[C@H]23)cc1. The second-order valence-corrected chi connectivity index (χ2v) is 5.17. The van der Waals surface area contributed by atoms with Gasteiger partial charge in [0.15, 0.2) is 12.4 Å². The molecule has 0 radical (unpaired) electrons. The molecule has 0 amide bonds. The van der Waals surface area contributed by atoms with Crippen LogP contribution in [-0.4, -0.2) is 49.1 Å². The summed E-state index contributed by atoms with van der Waals surface area (Å²) in [6, 6.07) is 7.61. The third-order valence-electron chi connectivity index (χ3n) is 4.08. The van der Waals surface area contributed by atoms with Gasteiger partial charge in [0, 0.05) is 5.56 Å². The number of methoxy groups -OCH3 is 1. The smallest absolute Gasteiger partial charge is 0.187 e. The van der Waals surface area contributed by atoms with E-state index in [-0.39, 0.29) is 12.0 Å². The summed E-state index contributed by atoms with van der Waals surface area (Å²) in [5.74, 6) is 0.686. The Kier molecular flexibility index (Phi) is 2.70. The average molecular weight is 277 g/mol. The van der Waals surface area contributed by atoms with Crippen LogP contribution in [0.4, 0.5) is 0 Å². The molecular weight excluding hydrogens is 262 g/mol. The van der Waals surface area contributed by atoms with E-state index in [0.717, 1.165) is 17.0 Å². The largest absolute Gasteiger partial charge is 0.497 e. The molecule has 6 nitrogen and oxygen atoms in total. The zero-order chi connectivity index (χ0) is 13.7. The Morgan fingerprint density at radius 3 is 2.85 bits per heavy atom. The van der Waals surface area contributed by atoms with E-state index in [0.29, 0.717) is 6.61 Å². The fourth-order valence-corrected chi connectivity index (χ4v) is 3.03. The molecule has 3 heterocycles. The molecule has 0 aliphatic carbocycles. The van der Waals surface area contributed by atoms with Gasteiger partial charge >= 0.3 is 0 Å². The van der Waals surface area contributed by atoms with E-state index in [4.69, 9.17) is 19.0 Å². The fraction of sp³-hybridized carbons (Fsp3) is 0.500. The molecule has 0 aromatic heterocycles. The zero-order valence-corrected chi connectivity index (χ0v) is 10.9. The second kappa shape index (κ2) is 4.44. The van der Waals surface area contributed by atoms with Crippen molar-refractivity contribution in [2.24, 2.45) is 11.1 Å². The maximum Gasteiger partial charge on any atom is 0.187 e. The molecular formula is C14H15NO5. The summed E-state index contributed by atoms with van der Waals surface area (Å²) in [5, 5.41) is 14.3. The van der Waals surface area contributed by atoms with Gasteiger partial charge in [-0.2, -0.15) is 0 Å². The van der Waals surface area contributed by atoms with Gasteiger partial charge in [0.1, 0.15) is 11.9 Å². The van der Waals surface area contributed by atoms with Crippen LogP contribution in [0.3, 0.4) is 0 Å². The molecule has 2 fully saturated rings. The van der Waals surface area contributed by atoms with Crippen molar-refractivity contribution in [3.63, 3.8) is 0 Å². The quantitative estimate of drug-likeness (QED) is 0.854. The molecule has 6 heteroatoms. The molecule has 2 bridgehead atoms. The van der Waals surface area contributed by atoms with Gasteiger partial charge in [0.2, 0.25) is 0 Å². The van der Waals surface area contributed by atoms with Crippen LogP contribution in [0.2, 0.25) is 0 Å². The van der Waals surface area contributed by atoms with Crippen molar-refractivity contribution >= 4 is 5.71 Å². The van der Waals surface area contributed by atoms with Crippen LogP contribution in [0.25, 0.3) is 0 Å². The monoisotopic (exact) mass is 277 g/mol. The Labute approximate surface area is 115 Å². The van der Waals surface area contributed by atoms with Crippen LogP contribution < -0.4 is 4.74 Å². The Morgan fingerprint density at radius 1 is 1.30 bits per heavy atom. The Bertz CT molecular complexity index is 543. The highest BCUT2D eigenvalue weighted by Gasteiger charge is 2.56. The zero-order valence-electron chi connectivity index (χ0n) is 10.9. The van der Waals surface area contributed by atoms with Crippen molar-refractivity contribution < 1.29 is 24.2 Å². The summed E-state index contributed by atoms with van der Waals surface area (Å²) in [7, 11) is 1.63. The topological polar surface area (TPSA) is 69.5 Å². The molecule has 1 aromatic carbocycles. The van der Waals surface area contributed by atoms with Gasteiger partial charge in [-0.25, -0.2) is 0 Å². The highest BCUT2D eigenvalue weighted by Crippen LogP contribution is 2.39. The van der Waals surface area contributed by atoms with Gasteiger partial charge < -0.3 is 24.2 Å². The Morgan fingerprint density at radius 2 is 2.10 bits per heavy atom. The number of hydrogen-bond acceptors (Lipinski definition) is 6. The number of aliphatic hydroxyl groups is 1. The Balaban J connectivity index is 1.65. The molecule has 1 N–H and O–H groups in total. The van der Waals surface area contributed by atoms with Crippen LogP contribution in [0.1, 0.15) is 5.56 Å². The number of hydrogen-bond donors (Lipinski definition) is 1. The number of ether oxygens (including phenoxy) is 3. The number of nitrogens with zero attached hydrogens (tertiary/aromatic N) is 1. The second-order valence-electron chi connectivity index (χ2n) is 5.17. The van der Waals surface area contributed by atoms with Gasteiger partial charge in [0.25, 0.3) is 0 Å². The summed E-state index contributed by atoms with van der Waals surface area (Å²) < 4.78 is 16.2. The van der Waals surface area contributed by atoms with E-state index >= 15 is 0 Å². The molecule has 2 saturated heterocycles. The van der Waals surface area contributed by atoms with Gasteiger partial charge in [-0.1, -0.05) is 5.16 Å². The van der Waals surface area contributed by atoms with Gasteiger partial charge in [0.05, 0.1) is 31.5 Å². The summed E-state index contributed by atoms with van der Waals surface area (Å²) in [6.07, 6.45) is -1.90. The highest BCUT2D eigenvalue weighted by atomic mass is 16.7. The molecule has 4 rings (SSSR count). The lowest BCUT2D eigenvalue weighted by atomic mass is 9.84. The van der Waals surface area contributed by atoms with Crippen LogP contribution >= 0.6 is 0 Å². The predicted molar refractivity (Wildman–Crippen MR) is 68.5 cm³/mol.